The Morgan fingerprint density at radius 2 is 1.48 bits per heavy atom. The molecule has 0 aromatic heterocycles. The molecule has 1 unspecified atom stereocenters. The number of Topliss-reactive ketones (excluding diaryl/α,β-unsaturated/α-hetero) is 1. The number of carbonyl (C=O) groups excluding carboxylic acids is 3. The number of carbonyl (C=O) groups is 3. The zero-order chi connectivity index (χ0) is 14.8. The summed E-state index contributed by atoms with van der Waals surface area (Å²) in [6.45, 7) is 0. The standard InChI is InChI=1S/C16H11NO4/c18-13(11-7-3-1-4-8-11)14-15(19)17(16(20)21-14)12-9-5-2-6-10-12/h1-10,14H. The van der Waals surface area contributed by atoms with Gasteiger partial charge in [-0.25, -0.2) is 9.69 Å². The van der Waals surface area contributed by atoms with Crippen LogP contribution in [-0.4, -0.2) is 23.9 Å². The lowest BCUT2D eigenvalue weighted by molar-refractivity contribution is -0.120. The Balaban J connectivity index is 1.89. The molecule has 21 heavy (non-hydrogen) atoms. The SMILES string of the molecule is O=C(c1ccccc1)C1OC(=O)N(c2ccccc2)C1=O. The highest BCUT2D eigenvalue weighted by molar-refractivity contribution is 6.27. The van der Waals surface area contributed by atoms with Crippen LogP contribution in [0, 0.1) is 0 Å². The number of hydrogen-bond donors (Lipinski definition) is 0. The van der Waals surface area contributed by atoms with Crippen molar-refractivity contribution < 1.29 is 19.1 Å². The fraction of sp³-hybridized carbons (Fsp3) is 0.0625. The van der Waals surface area contributed by atoms with E-state index in [2.05, 4.69) is 0 Å². The second kappa shape index (κ2) is 5.20. The Kier molecular flexibility index (Phi) is 3.23. The van der Waals surface area contributed by atoms with E-state index in [9.17, 15) is 14.4 Å². The smallest absolute Gasteiger partial charge is 0.422 e. The molecular weight excluding hydrogens is 270 g/mol. The zero-order valence-corrected chi connectivity index (χ0v) is 10.9. The Labute approximate surface area is 120 Å². The van der Waals surface area contributed by atoms with Gasteiger partial charge >= 0.3 is 6.09 Å². The van der Waals surface area contributed by atoms with E-state index >= 15 is 0 Å². The van der Waals surface area contributed by atoms with Crippen molar-refractivity contribution in [2.75, 3.05) is 4.90 Å². The molecule has 1 heterocycles. The van der Waals surface area contributed by atoms with Gasteiger partial charge in [0.15, 0.2) is 0 Å². The zero-order valence-electron chi connectivity index (χ0n) is 10.9. The van der Waals surface area contributed by atoms with Crippen LogP contribution in [0.15, 0.2) is 60.7 Å². The number of nitrogens with zero attached hydrogens (tertiary/aromatic N) is 1. The van der Waals surface area contributed by atoms with Crippen LogP contribution in [-0.2, 0) is 9.53 Å². The number of rotatable bonds is 3. The van der Waals surface area contributed by atoms with Gasteiger partial charge in [-0.15, -0.1) is 0 Å². The molecule has 0 radical (unpaired) electrons. The van der Waals surface area contributed by atoms with Crippen LogP contribution in [0.3, 0.4) is 0 Å². The summed E-state index contributed by atoms with van der Waals surface area (Å²) in [4.78, 5) is 37.3. The minimum Gasteiger partial charge on any atom is -0.427 e. The first-order chi connectivity index (χ1) is 10.2. The molecule has 5 nitrogen and oxygen atoms in total. The van der Waals surface area contributed by atoms with E-state index in [1.807, 2.05) is 0 Å². The Morgan fingerprint density at radius 1 is 0.905 bits per heavy atom. The first kappa shape index (κ1) is 13.1. The fourth-order valence-corrected chi connectivity index (χ4v) is 2.14. The van der Waals surface area contributed by atoms with Crippen molar-refractivity contribution in [1.82, 2.24) is 0 Å². The van der Waals surface area contributed by atoms with E-state index in [4.69, 9.17) is 4.74 Å². The topological polar surface area (TPSA) is 63.7 Å². The summed E-state index contributed by atoms with van der Waals surface area (Å²) in [6, 6.07) is 16.7. The van der Waals surface area contributed by atoms with E-state index in [-0.39, 0.29) is 0 Å². The molecule has 1 saturated heterocycles. The molecule has 0 saturated carbocycles. The van der Waals surface area contributed by atoms with E-state index < -0.39 is 23.9 Å². The normalized spacial score (nSPS) is 17.7. The molecule has 0 N–H and O–H groups in total. The molecule has 1 aliphatic heterocycles. The monoisotopic (exact) mass is 281 g/mol. The van der Waals surface area contributed by atoms with Crippen molar-refractivity contribution in [3.05, 3.63) is 66.2 Å². The third-order valence-corrected chi connectivity index (χ3v) is 3.16. The third kappa shape index (κ3) is 2.29. The van der Waals surface area contributed by atoms with E-state index in [1.54, 1.807) is 60.7 Å². The van der Waals surface area contributed by atoms with Crippen molar-refractivity contribution in [2.45, 2.75) is 6.10 Å². The van der Waals surface area contributed by atoms with Crippen molar-refractivity contribution in [1.29, 1.82) is 0 Å². The van der Waals surface area contributed by atoms with Crippen molar-refractivity contribution >= 4 is 23.5 Å². The number of imide groups is 1. The minimum atomic E-state index is -1.42. The molecule has 0 bridgehead atoms. The lowest BCUT2D eigenvalue weighted by atomic mass is 10.1. The number of amides is 2. The molecule has 3 rings (SSSR count). The van der Waals surface area contributed by atoms with Gasteiger partial charge in [-0.05, 0) is 12.1 Å². The number of cyclic esters (lactones) is 1. The summed E-state index contributed by atoms with van der Waals surface area (Å²) in [7, 11) is 0. The molecule has 1 fully saturated rings. The quantitative estimate of drug-likeness (QED) is 0.640. The lowest BCUT2D eigenvalue weighted by Crippen LogP contribution is -2.35. The average Bonchev–Trinajstić information content (AvgIpc) is 2.83. The maximum atomic E-state index is 12.3. The fourth-order valence-electron chi connectivity index (χ4n) is 2.14. The van der Waals surface area contributed by atoms with Crippen LogP contribution in [0.5, 0.6) is 0 Å². The molecule has 0 spiro atoms. The average molecular weight is 281 g/mol. The minimum absolute atomic E-state index is 0.332. The van der Waals surface area contributed by atoms with Crippen LogP contribution >= 0.6 is 0 Å². The maximum Gasteiger partial charge on any atom is 0.422 e. The predicted octanol–water partition coefficient (Wildman–Crippen LogP) is 2.42. The summed E-state index contributed by atoms with van der Waals surface area (Å²) in [5.41, 5.74) is 0.717. The van der Waals surface area contributed by atoms with Gasteiger partial charge in [0.25, 0.3) is 5.91 Å². The molecule has 1 atom stereocenters. The third-order valence-electron chi connectivity index (χ3n) is 3.16. The van der Waals surface area contributed by atoms with Gasteiger partial charge in [0.2, 0.25) is 11.9 Å². The summed E-state index contributed by atoms with van der Waals surface area (Å²) < 4.78 is 4.94. The molecule has 2 amide bonds. The number of ether oxygens (including phenoxy) is 1. The molecule has 2 aromatic rings. The van der Waals surface area contributed by atoms with E-state index in [0.717, 1.165) is 4.90 Å². The molecule has 5 heteroatoms. The predicted molar refractivity (Wildman–Crippen MR) is 75.0 cm³/mol. The van der Waals surface area contributed by atoms with Gasteiger partial charge in [0, 0.05) is 5.56 Å². The number of ketones is 1. The van der Waals surface area contributed by atoms with Crippen molar-refractivity contribution in [2.24, 2.45) is 0 Å². The van der Waals surface area contributed by atoms with Crippen LogP contribution in [0.1, 0.15) is 10.4 Å². The van der Waals surface area contributed by atoms with E-state index in [0.29, 0.717) is 11.3 Å². The highest BCUT2D eigenvalue weighted by atomic mass is 16.6. The Bertz CT molecular complexity index is 697. The second-order valence-electron chi connectivity index (χ2n) is 4.50. The number of para-hydroxylation sites is 1. The van der Waals surface area contributed by atoms with Crippen molar-refractivity contribution in [3.63, 3.8) is 0 Å². The summed E-state index contributed by atoms with van der Waals surface area (Å²) >= 11 is 0. The highest BCUT2D eigenvalue weighted by Crippen LogP contribution is 2.24. The van der Waals surface area contributed by atoms with Crippen LogP contribution in [0.4, 0.5) is 10.5 Å². The molecule has 104 valence electrons. The summed E-state index contributed by atoms with van der Waals surface area (Å²) in [5.74, 6) is -1.19. The van der Waals surface area contributed by atoms with Gasteiger partial charge in [0.05, 0.1) is 5.69 Å². The van der Waals surface area contributed by atoms with Crippen LogP contribution in [0.25, 0.3) is 0 Å². The van der Waals surface area contributed by atoms with Crippen LogP contribution < -0.4 is 4.90 Å². The molecular formula is C16H11NO4. The Hall–Kier alpha value is -2.95. The molecule has 0 aliphatic carbocycles. The van der Waals surface area contributed by atoms with Crippen LogP contribution in [0.2, 0.25) is 0 Å². The number of hydrogen-bond acceptors (Lipinski definition) is 4. The second-order valence-corrected chi connectivity index (χ2v) is 4.50. The van der Waals surface area contributed by atoms with Gasteiger partial charge in [-0.1, -0.05) is 48.5 Å². The number of anilines is 1. The van der Waals surface area contributed by atoms with Gasteiger partial charge < -0.3 is 4.74 Å². The van der Waals surface area contributed by atoms with Gasteiger partial charge in [-0.2, -0.15) is 0 Å². The first-order valence-electron chi connectivity index (χ1n) is 6.37. The molecule has 2 aromatic carbocycles. The highest BCUT2D eigenvalue weighted by Gasteiger charge is 2.45. The summed E-state index contributed by atoms with van der Waals surface area (Å²) in [6.07, 6.45) is -2.25. The maximum absolute atomic E-state index is 12.3. The summed E-state index contributed by atoms with van der Waals surface area (Å²) in [5, 5.41) is 0. The number of benzene rings is 2. The van der Waals surface area contributed by atoms with Crippen molar-refractivity contribution in [3.8, 4) is 0 Å². The molecule has 1 aliphatic rings. The van der Waals surface area contributed by atoms with E-state index in [1.165, 1.54) is 0 Å². The largest absolute Gasteiger partial charge is 0.427 e. The lowest BCUT2D eigenvalue weighted by Gasteiger charge is -2.10. The Morgan fingerprint density at radius 3 is 2.10 bits per heavy atom. The first-order valence-corrected chi connectivity index (χ1v) is 6.37. The van der Waals surface area contributed by atoms with Gasteiger partial charge in [-0.3, -0.25) is 9.59 Å². The van der Waals surface area contributed by atoms with Gasteiger partial charge in [0.1, 0.15) is 0 Å².